The molecule has 0 spiro atoms. The number of hydrogen-bond acceptors (Lipinski definition) is 3. The van der Waals surface area contributed by atoms with Gasteiger partial charge in [0.2, 0.25) is 3.79 Å². The van der Waals surface area contributed by atoms with Crippen molar-refractivity contribution in [3.63, 3.8) is 0 Å². The Bertz CT molecular complexity index is 661. The van der Waals surface area contributed by atoms with Gasteiger partial charge in [0.05, 0.1) is 0 Å². The van der Waals surface area contributed by atoms with Gasteiger partial charge in [0.15, 0.2) is 11.4 Å². The number of fused-ring (bicyclic) bond motifs is 1. The van der Waals surface area contributed by atoms with Crippen LogP contribution in [0.2, 0.25) is 0 Å². The number of aromatic nitrogens is 2. The molecule has 1 aliphatic heterocycles. The molecule has 0 aliphatic carbocycles. The smallest absolute Gasteiger partial charge is 0.216 e. The lowest BCUT2D eigenvalue weighted by Gasteiger charge is -2.11. The van der Waals surface area contributed by atoms with Gasteiger partial charge in [0.25, 0.3) is 0 Å². The second-order valence-electron chi connectivity index (χ2n) is 4.32. The number of nitrogens with zero attached hydrogens (tertiary/aromatic N) is 2. The number of carbonyl (C=O) groups excluding carboxylic acids is 1. The molecule has 0 saturated heterocycles. The molecule has 104 valence electrons. The Kier molecular flexibility index (Phi) is 3.75. The van der Waals surface area contributed by atoms with E-state index >= 15 is 0 Å². The zero-order chi connectivity index (χ0) is 14.3. The zero-order valence-corrected chi connectivity index (χ0v) is 13.2. The summed E-state index contributed by atoms with van der Waals surface area (Å²) in [6, 6.07) is 7.09. The normalized spacial score (nSPS) is 14.3. The fraction of sp³-hybridized carbons (Fsp3) is 0.231. The molecule has 0 atom stereocenters. The van der Waals surface area contributed by atoms with Crippen LogP contribution >= 0.6 is 46.6 Å². The third kappa shape index (κ3) is 2.46. The van der Waals surface area contributed by atoms with Crippen molar-refractivity contribution >= 4 is 52.9 Å². The first-order valence-corrected chi connectivity index (χ1v) is 7.99. The maximum Gasteiger partial charge on any atom is 0.216 e. The van der Waals surface area contributed by atoms with Gasteiger partial charge < -0.3 is 4.57 Å². The van der Waals surface area contributed by atoms with E-state index in [1.807, 2.05) is 16.7 Å². The van der Waals surface area contributed by atoms with Gasteiger partial charge in [-0.2, -0.15) is 0 Å². The zero-order valence-electron chi connectivity index (χ0n) is 10.1. The van der Waals surface area contributed by atoms with Crippen LogP contribution in [0.1, 0.15) is 16.1 Å². The van der Waals surface area contributed by atoms with Crippen LogP contribution in [0.3, 0.4) is 0 Å². The molecule has 0 amide bonds. The molecule has 3 rings (SSSR count). The highest BCUT2D eigenvalue weighted by Gasteiger charge is 2.24. The molecule has 1 aromatic carbocycles. The van der Waals surface area contributed by atoms with Crippen LogP contribution in [0, 0.1) is 0 Å². The number of halogens is 3. The largest absolute Gasteiger partial charge is 0.315 e. The van der Waals surface area contributed by atoms with E-state index in [0.717, 1.165) is 29.3 Å². The minimum atomic E-state index is -1.45. The summed E-state index contributed by atoms with van der Waals surface area (Å²) in [5, 5.41) is 0.882. The molecule has 0 unspecified atom stereocenters. The van der Waals surface area contributed by atoms with Gasteiger partial charge >= 0.3 is 0 Å². The predicted molar refractivity (Wildman–Crippen MR) is 83.0 cm³/mol. The first-order chi connectivity index (χ1) is 9.50. The van der Waals surface area contributed by atoms with E-state index in [1.165, 1.54) is 0 Å². The minimum Gasteiger partial charge on any atom is -0.315 e. The number of aldehydes is 1. The van der Waals surface area contributed by atoms with E-state index in [0.29, 0.717) is 17.0 Å². The van der Waals surface area contributed by atoms with Crippen molar-refractivity contribution in [2.24, 2.45) is 0 Å². The standard InChI is InChI=1S/C13H9Cl3N2OS/c14-13(15,16)9-3-1-8(2-4-9)11-10(7-19)18-5-6-20-12(18)17-11/h1-4,7H,5-6H2. The average molecular weight is 348 g/mol. The highest BCUT2D eigenvalue weighted by atomic mass is 35.6. The van der Waals surface area contributed by atoms with Crippen LogP contribution in [0.25, 0.3) is 11.3 Å². The lowest BCUT2D eigenvalue weighted by molar-refractivity contribution is 0.111. The molecule has 1 aliphatic rings. The third-order valence-corrected chi connectivity index (χ3v) is 4.73. The Morgan fingerprint density at radius 2 is 1.95 bits per heavy atom. The van der Waals surface area contributed by atoms with Gasteiger partial charge in [-0.05, 0) is 0 Å². The van der Waals surface area contributed by atoms with Crippen molar-refractivity contribution < 1.29 is 4.79 Å². The monoisotopic (exact) mass is 346 g/mol. The van der Waals surface area contributed by atoms with Gasteiger partial charge in [0, 0.05) is 23.4 Å². The summed E-state index contributed by atoms with van der Waals surface area (Å²) < 4.78 is 0.494. The summed E-state index contributed by atoms with van der Waals surface area (Å²) in [5.74, 6) is 0.954. The second kappa shape index (κ2) is 5.26. The molecule has 2 heterocycles. The van der Waals surface area contributed by atoms with Crippen molar-refractivity contribution in [2.45, 2.75) is 15.5 Å². The van der Waals surface area contributed by atoms with Crippen molar-refractivity contribution in [1.29, 1.82) is 0 Å². The van der Waals surface area contributed by atoms with Crippen molar-refractivity contribution in [3.8, 4) is 11.3 Å². The minimum absolute atomic E-state index is 0.583. The summed E-state index contributed by atoms with van der Waals surface area (Å²) in [6.07, 6.45) is 0.848. The number of hydrogen-bond donors (Lipinski definition) is 0. The van der Waals surface area contributed by atoms with Crippen LogP contribution in [-0.2, 0) is 10.3 Å². The fourth-order valence-corrected chi connectivity index (χ4v) is 3.48. The van der Waals surface area contributed by atoms with Crippen LogP contribution in [0.4, 0.5) is 0 Å². The van der Waals surface area contributed by atoms with E-state index in [9.17, 15) is 4.79 Å². The number of imidazole rings is 1. The first-order valence-electron chi connectivity index (χ1n) is 5.87. The van der Waals surface area contributed by atoms with Crippen LogP contribution in [0.5, 0.6) is 0 Å². The number of carbonyl (C=O) groups is 1. The lowest BCUT2D eigenvalue weighted by Crippen LogP contribution is -2.01. The second-order valence-corrected chi connectivity index (χ2v) is 7.66. The quantitative estimate of drug-likeness (QED) is 0.600. The Morgan fingerprint density at radius 3 is 2.55 bits per heavy atom. The summed E-state index contributed by atoms with van der Waals surface area (Å²) in [4.78, 5) is 15.8. The van der Waals surface area contributed by atoms with Crippen molar-refractivity contribution in [3.05, 3.63) is 35.5 Å². The summed E-state index contributed by atoms with van der Waals surface area (Å²) in [7, 11) is 0. The molecule has 1 aromatic heterocycles. The van der Waals surface area contributed by atoms with Gasteiger partial charge in [-0.1, -0.05) is 70.8 Å². The molecular formula is C13H9Cl3N2OS. The molecule has 0 radical (unpaired) electrons. The summed E-state index contributed by atoms with van der Waals surface area (Å²) in [6.45, 7) is 0.813. The van der Waals surface area contributed by atoms with E-state index in [2.05, 4.69) is 4.98 Å². The molecule has 3 nitrogen and oxygen atoms in total. The number of alkyl halides is 3. The highest BCUT2D eigenvalue weighted by molar-refractivity contribution is 7.99. The molecule has 0 saturated carbocycles. The Morgan fingerprint density at radius 1 is 1.25 bits per heavy atom. The average Bonchev–Trinajstić information content (AvgIpc) is 2.97. The van der Waals surface area contributed by atoms with Gasteiger partial charge in [-0.25, -0.2) is 4.98 Å². The molecule has 0 N–H and O–H groups in total. The number of benzene rings is 1. The Balaban J connectivity index is 2.04. The maximum atomic E-state index is 11.3. The SMILES string of the molecule is O=Cc1c(-c2ccc(C(Cl)(Cl)Cl)cc2)nc2n1CCS2. The maximum absolute atomic E-state index is 11.3. The third-order valence-electron chi connectivity index (χ3n) is 3.12. The van der Waals surface area contributed by atoms with Gasteiger partial charge in [0.1, 0.15) is 11.4 Å². The molecule has 7 heteroatoms. The van der Waals surface area contributed by atoms with Crippen LogP contribution in [-0.4, -0.2) is 21.6 Å². The van der Waals surface area contributed by atoms with Gasteiger partial charge in [-0.15, -0.1) is 0 Å². The first kappa shape index (κ1) is 14.3. The van der Waals surface area contributed by atoms with Gasteiger partial charge in [-0.3, -0.25) is 4.79 Å². The molecule has 0 bridgehead atoms. The lowest BCUT2D eigenvalue weighted by atomic mass is 10.1. The Labute approximate surface area is 135 Å². The summed E-state index contributed by atoms with van der Waals surface area (Å²) >= 11 is 19.1. The summed E-state index contributed by atoms with van der Waals surface area (Å²) in [5.41, 5.74) is 2.71. The van der Waals surface area contributed by atoms with E-state index < -0.39 is 3.79 Å². The molecule has 2 aromatic rings. The molecular weight excluding hydrogens is 339 g/mol. The topological polar surface area (TPSA) is 34.9 Å². The molecule has 20 heavy (non-hydrogen) atoms. The number of thioether (sulfide) groups is 1. The van der Waals surface area contributed by atoms with Crippen molar-refractivity contribution in [1.82, 2.24) is 9.55 Å². The predicted octanol–water partition coefficient (Wildman–Crippen LogP) is 4.30. The van der Waals surface area contributed by atoms with Crippen LogP contribution in [0.15, 0.2) is 29.4 Å². The molecule has 0 fully saturated rings. The van der Waals surface area contributed by atoms with E-state index in [4.69, 9.17) is 34.8 Å². The van der Waals surface area contributed by atoms with Crippen molar-refractivity contribution in [2.75, 3.05) is 5.75 Å². The van der Waals surface area contributed by atoms with E-state index in [-0.39, 0.29) is 0 Å². The highest BCUT2D eigenvalue weighted by Crippen LogP contribution is 2.39. The van der Waals surface area contributed by atoms with E-state index in [1.54, 1.807) is 23.9 Å². The Hall–Kier alpha value is -0.680. The number of rotatable bonds is 2. The fourth-order valence-electron chi connectivity index (χ4n) is 2.15. The van der Waals surface area contributed by atoms with Crippen LogP contribution < -0.4 is 0 Å².